The second kappa shape index (κ2) is 3.35. The molecule has 1 unspecified atom stereocenters. The van der Waals surface area contributed by atoms with Gasteiger partial charge in [0.25, 0.3) is 0 Å². The zero-order valence-electron chi connectivity index (χ0n) is 8.80. The average molecular weight is 170 g/mol. The van der Waals surface area contributed by atoms with E-state index in [1.54, 1.807) is 0 Å². The van der Waals surface area contributed by atoms with Crippen LogP contribution in [-0.2, 0) is 0 Å². The van der Waals surface area contributed by atoms with Crippen LogP contribution in [0.1, 0.15) is 27.7 Å². The SMILES string of the molecule is CC(N)CN1CC(C(C)(C)C)C1. The Balaban J connectivity index is 2.20. The molecule has 0 saturated carbocycles. The van der Waals surface area contributed by atoms with E-state index in [0.29, 0.717) is 11.5 Å². The molecule has 0 amide bonds. The first-order valence-electron chi connectivity index (χ1n) is 4.87. The van der Waals surface area contributed by atoms with Crippen molar-refractivity contribution in [1.29, 1.82) is 0 Å². The number of nitrogens with two attached hydrogens (primary N) is 1. The fourth-order valence-electron chi connectivity index (χ4n) is 1.67. The van der Waals surface area contributed by atoms with Crippen LogP contribution in [0.15, 0.2) is 0 Å². The summed E-state index contributed by atoms with van der Waals surface area (Å²) in [5.41, 5.74) is 6.20. The lowest BCUT2D eigenvalue weighted by Crippen LogP contribution is -2.54. The van der Waals surface area contributed by atoms with Crippen LogP contribution in [0, 0.1) is 11.3 Å². The Kier molecular flexibility index (Phi) is 2.79. The summed E-state index contributed by atoms with van der Waals surface area (Å²) in [5.74, 6) is 0.872. The number of likely N-dealkylation sites (tertiary alicyclic amines) is 1. The highest BCUT2D eigenvalue weighted by molar-refractivity contribution is 4.88. The summed E-state index contributed by atoms with van der Waals surface area (Å²) in [4.78, 5) is 2.45. The Morgan fingerprint density at radius 1 is 1.42 bits per heavy atom. The highest BCUT2D eigenvalue weighted by atomic mass is 15.2. The van der Waals surface area contributed by atoms with Gasteiger partial charge in [0.2, 0.25) is 0 Å². The molecule has 2 N–H and O–H groups in total. The molecular weight excluding hydrogens is 148 g/mol. The van der Waals surface area contributed by atoms with Gasteiger partial charge in [0.05, 0.1) is 0 Å². The Hall–Kier alpha value is -0.0800. The highest BCUT2D eigenvalue weighted by Crippen LogP contribution is 2.33. The molecule has 0 aromatic carbocycles. The predicted octanol–water partition coefficient (Wildman–Crippen LogP) is 1.31. The lowest BCUT2D eigenvalue weighted by atomic mass is 9.76. The number of rotatable bonds is 2. The second-order valence-corrected chi connectivity index (χ2v) is 5.26. The standard InChI is InChI=1S/C10H22N2/c1-8(11)5-12-6-9(7-12)10(2,3)4/h8-9H,5-7,11H2,1-4H3. The van der Waals surface area contributed by atoms with Gasteiger partial charge in [0, 0.05) is 25.7 Å². The van der Waals surface area contributed by atoms with Crippen LogP contribution in [0.2, 0.25) is 0 Å². The lowest BCUT2D eigenvalue weighted by Gasteiger charge is -2.47. The van der Waals surface area contributed by atoms with Crippen molar-refractivity contribution in [3.05, 3.63) is 0 Å². The van der Waals surface area contributed by atoms with Crippen molar-refractivity contribution in [2.45, 2.75) is 33.7 Å². The van der Waals surface area contributed by atoms with Gasteiger partial charge >= 0.3 is 0 Å². The Morgan fingerprint density at radius 2 is 1.92 bits per heavy atom. The van der Waals surface area contributed by atoms with Crippen LogP contribution in [-0.4, -0.2) is 30.6 Å². The molecule has 1 fully saturated rings. The minimum absolute atomic E-state index is 0.325. The quantitative estimate of drug-likeness (QED) is 0.677. The van der Waals surface area contributed by atoms with Gasteiger partial charge in [-0.3, -0.25) is 0 Å². The number of hydrogen-bond donors (Lipinski definition) is 1. The van der Waals surface area contributed by atoms with E-state index in [2.05, 4.69) is 32.6 Å². The topological polar surface area (TPSA) is 29.3 Å². The first kappa shape index (κ1) is 10.0. The smallest absolute Gasteiger partial charge is 0.0139 e. The lowest BCUT2D eigenvalue weighted by molar-refractivity contribution is 0.0221. The molecule has 0 spiro atoms. The predicted molar refractivity (Wildman–Crippen MR) is 53.0 cm³/mol. The molecule has 1 saturated heterocycles. The summed E-state index contributed by atoms with van der Waals surface area (Å²) in [5, 5.41) is 0. The zero-order valence-corrected chi connectivity index (χ0v) is 8.80. The molecule has 12 heavy (non-hydrogen) atoms. The molecule has 1 heterocycles. The van der Waals surface area contributed by atoms with Crippen molar-refractivity contribution >= 4 is 0 Å². The largest absolute Gasteiger partial charge is 0.327 e. The maximum atomic E-state index is 5.72. The van der Waals surface area contributed by atoms with Gasteiger partial charge in [0.1, 0.15) is 0 Å². The molecule has 1 aliphatic rings. The molecule has 1 aliphatic heterocycles. The van der Waals surface area contributed by atoms with Gasteiger partial charge in [0.15, 0.2) is 0 Å². The van der Waals surface area contributed by atoms with E-state index in [1.165, 1.54) is 13.1 Å². The molecule has 1 rings (SSSR count). The van der Waals surface area contributed by atoms with Crippen molar-refractivity contribution in [3.8, 4) is 0 Å². The van der Waals surface area contributed by atoms with Crippen LogP contribution in [0.4, 0.5) is 0 Å². The number of nitrogens with zero attached hydrogens (tertiary/aromatic N) is 1. The van der Waals surface area contributed by atoms with Gasteiger partial charge in [-0.05, 0) is 18.3 Å². The summed E-state index contributed by atoms with van der Waals surface area (Å²) in [7, 11) is 0. The molecule has 2 heteroatoms. The van der Waals surface area contributed by atoms with Crippen LogP contribution in [0.25, 0.3) is 0 Å². The van der Waals surface area contributed by atoms with Gasteiger partial charge < -0.3 is 10.6 Å². The molecular formula is C10H22N2. The van der Waals surface area contributed by atoms with E-state index in [1.807, 2.05) is 0 Å². The van der Waals surface area contributed by atoms with E-state index < -0.39 is 0 Å². The van der Waals surface area contributed by atoms with Crippen LogP contribution in [0.5, 0.6) is 0 Å². The number of hydrogen-bond acceptors (Lipinski definition) is 2. The van der Waals surface area contributed by atoms with Crippen molar-refractivity contribution in [1.82, 2.24) is 4.90 Å². The summed E-state index contributed by atoms with van der Waals surface area (Å²) in [6, 6.07) is 0.325. The van der Waals surface area contributed by atoms with E-state index in [0.717, 1.165) is 12.5 Å². The summed E-state index contributed by atoms with van der Waals surface area (Å²) >= 11 is 0. The Morgan fingerprint density at radius 3 is 2.25 bits per heavy atom. The Labute approximate surface area is 76.1 Å². The van der Waals surface area contributed by atoms with Crippen molar-refractivity contribution < 1.29 is 0 Å². The molecule has 1 atom stereocenters. The molecule has 0 radical (unpaired) electrons. The van der Waals surface area contributed by atoms with Crippen LogP contribution < -0.4 is 5.73 Å². The third-order valence-electron chi connectivity index (χ3n) is 2.73. The maximum absolute atomic E-state index is 5.72. The van der Waals surface area contributed by atoms with Crippen LogP contribution in [0.3, 0.4) is 0 Å². The summed E-state index contributed by atoms with van der Waals surface area (Å²) in [6.07, 6.45) is 0. The van der Waals surface area contributed by atoms with Gasteiger partial charge in [-0.1, -0.05) is 20.8 Å². The molecule has 72 valence electrons. The van der Waals surface area contributed by atoms with Crippen LogP contribution >= 0.6 is 0 Å². The first-order chi connectivity index (χ1) is 5.39. The van der Waals surface area contributed by atoms with E-state index in [4.69, 9.17) is 5.73 Å². The monoisotopic (exact) mass is 170 g/mol. The van der Waals surface area contributed by atoms with Crippen molar-refractivity contribution in [3.63, 3.8) is 0 Å². The average Bonchev–Trinajstić information content (AvgIpc) is 1.73. The second-order valence-electron chi connectivity index (χ2n) is 5.26. The minimum atomic E-state index is 0.325. The highest BCUT2D eigenvalue weighted by Gasteiger charge is 2.35. The molecule has 0 aromatic rings. The Bertz CT molecular complexity index is 140. The normalized spacial score (nSPS) is 23.8. The molecule has 0 aromatic heterocycles. The third kappa shape index (κ3) is 2.46. The zero-order chi connectivity index (χ0) is 9.35. The molecule has 2 nitrogen and oxygen atoms in total. The maximum Gasteiger partial charge on any atom is 0.0139 e. The van der Waals surface area contributed by atoms with Gasteiger partial charge in [-0.2, -0.15) is 0 Å². The fraction of sp³-hybridized carbons (Fsp3) is 1.00. The van der Waals surface area contributed by atoms with E-state index in [9.17, 15) is 0 Å². The van der Waals surface area contributed by atoms with Crippen molar-refractivity contribution in [2.75, 3.05) is 19.6 Å². The van der Waals surface area contributed by atoms with Crippen molar-refractivity contribution in [2.24, 2.45) is 17.1 Å². The summed E-state index contributed by atoms with van der Waals surface area (Å²) < 4.78 is 0. The summed E-state index contributed by atoms with van der Waals surface area (Å²) in [6.45, 7) is 12.6. The minimum Gasteiger partial charge on any atom is -0.327 e. The van der Waals surface area contributed by atoms with E-state index in [-0.39, 0.29) is 0 Å². The molecule has 0 bridgehead atoms. The molecule has 0 aliphatic carbocycles. The fourth-order valence-corrected chi connectivity index (χ4v) is 1.67. The third-order valence-corrected chi connectivity index (χ3v) is 2.73. The first-order valence-corrected chi connectivity index (χ1v) is 4.87. The van der Waals surface area contributed by atoms with Gasteiger partial charge in [-0.15, -0.1) is 0 Å². The van der Waals surface area contributed by atoms with Gasteiger partial charge in [-0.25, -0.2) is 0 Å². The van der Waals surface area contributed by atoms with E-state index >= 15 is 0 Å².